The molecular formula is C31H30Cl2FN9S. The summed E-state index contributed by atoms with van der Waals surface area (Å²) in [5, 5.41) is 25.5. The highest BCUT2D eigenvalue weighted by Crippen LogP contribution is 2.40. The summed E-state index contributed by atoms with van der Waals surface area (Å²) in [5.74, 6) is -0.530. The predicted octanol–water partition coefficient (Wildman–Crippen LogP) is 7.62. The molecule has 0 radical (unpaired) electrons. The molecule has 44 heavy (non-hydrogen) atoms. The first-order chi connectivity index (χ1) is 21.4. The van der Waals surface area contributed by atoms with E-state index in [1.54, 1.807) is 6.07 Å². The van der Waals surface area contributed by atoms with Crippen LogP contribution in [0.4, 0.5) is 21.5 Å². The van der Waals surface area contributed by atoms with Gasteiger partial charge in [0.05, 0.1) is 50.3 Å². The maximum atomic E-state index is 13.9. The molecule has 4 heterocycles. The molecule has 2 aromatic carbocycles. The number of hydrogen-bond acceptors (Lipinski definition) is 9. The molecule has 1 unspecified atom stereocenters. The molecule has 0 aliphatic carbocycles. The average Bonchev–Trinajstić information content (AvgIpc) is 3.75. The Morgan fingerprint density at radius 3 is 2.64 bits per heavy atom. The van der Waals surface area contributed by atoms with E-state index in [1.165, 1.54) is 29.7 Å². The Hall–Kier alpha value is -3.82. The SMILES string of the molecule is CCN1CCC(n2cc(C(c3cscn3)N(CC)c3cc(Cl)c4ncc(C#N)c(Nc5ccc(F)c(Cl)c5)c4c3)nn2)CC1. The van der Waals surface area contributed by atoms with Crippen molar-refractivity contribution in [1.29, 1.82) is 5.26 Å². The predicted molar refractivity (Wildman–Crippen MR) is 174 cm³/mol. The van der Waals surface area contributed by atoms with Gasteiger partial charge in [0.15, 0.2) is 0 Å². The number of benzene rings is 2. The molecule has 13 heteroatoms. The number of likely N-dealkylation sites (tertiary alicyclic amines) is 1. The number of anilines is 3. The number of nitriles is 1. The molecule has 0 amide bonds. The van der Waals surface area contributed by atoms with Crippen LogP contribution in [0.3, 0.4) is 0 Å². The first-order valence-corrected chi connectivity index (χ1v) is 16.1. The maximum Gasteiger partial charge on any atom is 0.141 e. The summed E-state index contributed by atoms with van der Waals surface area (Å²) in [6.07, 6.45) is 5.57. The molecule has 1 atom stereocenters. The van der Waals surface area contributed by atoms with Gasteiger partial charge in [-0.25, -0.2) is 14.1 Å². The second-order valence-corrected chi connectivity index (χ2v) is 12.2. The standard InChI is InChI=1S/C31H30Cl2FN9S/c1-3-41-9-7-21(8-10-41)43-16-27(39-40-43)31(28-17-44-18-37-28)42(4-2)22-12-23-29(38-20-5-6-26(34)24(32)11-20)19(14-35)15-36-30(23)25(33)13-22/h5-6,11-13,15-18,21,31H,3-4,7-10H2,1-2H3,(H,36,38). The van der Waals surface area contributed by atoms with Crippen molar-refractivity contribution in [3.05, 3.63) is 86.4 Å². The van der Waals surface area contributed by atoms with Gasteiger partial charge in [-0.3, -0.25) is 4.98 Å². The maximum absolute atomic E-state index is 13.9. The smallest absolute Gasteiger partial charge is 0.141 e. The van der Waals surface area contributed by atoms with Gasteiger partial charge in [0.2, 0.25) is 0 Å². The van der Waals surface area contributed by atoms with E-state index in [9.17, 15) is 9.65 Å². The van der Waals surface area contributed by atoms with Crippen LogP contribution >= 0.6 is 34.5 Å². The normalized spacial score (nSPS) is 14.9. The molecule has 1 N–H and O–H groups in total. The van der Waals surface area contributed by atoms with Gasteiger partial charge in [-0.1, -0.05) is 35.3 Å². The van der Waals surface area contributed by atoms with E-state index in [0.29, 0.717) is 45.5 Å². The number of nitrogens with one attached hydrogen (secondary N) is 1. The average molecular weight is 651 g/mol. The second kappa shape index (κ2) is 13.0. The van der Waals surface area contributed by atoms with Crippen molar-refractivity contribution in [2.45, 2.75) is 38.8 Å². The van der Waals surface area contributed by atoms with E-state index >= 15 is 0 Å². The third-order valence-electron chi connectivity index (χ3n) is 8.12. The van der Waals surface area contributed by atoms with Crippen LogP contribution in [0.1, 0.15) is 55.7 Å². The lowest BCUT2D eigenvalue weighted by Crippen LogP contribution is -2.34. The summed E-state index contributed by atoms with van der Waals surface area (Å²) in [6, 6.07) is 10.3. The van der Waals surface area contributed by atoms with E-state index < -0.39 is 5.82 Å². The van der Waals surface area contributed by atoms with Gasteiger partial charge in [0.25, 0.3) is 0 Å². The zero-order valence-electron chi connectivity index (χ0n) is 24.2. The summed E-state index contributed by atoms with van der Waals surface area (Å²) in [6.45, 7) is 8.00. The molecule has 5 aromatic rings. The minimum absolute atomic E-state index is 0.0298. The molecular weight excluding hydrogens is 620 g/mol. The highest BCUT2D eigenvalue weighted by molar-refractivity contribution is 7.07. The van der Waals surface area contributed by atoms with Crippen LogP contribution in [0, 0.1) is 17.1 Å². The number of fused-ring (bicyclic) bond motifs is 1. The minimum atomic E-state index is -0.530. The molecule has 0 bridgehead atoms. The van der Waals surface area contributed by atoms with Crippen molar-refractivity contribution in [2.24, 2.45) is 0 Å². The third kappa shape index (κ3) is 5.95. The quantitative estimate of drug-likeness (QED) is 0.174. The van der Waals surface area contributed by atoms with Crippen molar-refractivity contribution in [1.82, 2.24) is 29.9 Å². The highest BCUT2D eigenvalue weighted by Gasteiger charge is 2.29. The van der Waals surface area contributed by atoms with Crippen molar-refractivity contribution >= 4 is 62.5 Å². The van der Waals surface area contributed by atoms with Crippen molar-refractivity contribution in [3.8, 4) is 6.07 Å². The van der Waals surface area contributed by atoms with Gasteiger partial charge >= 0.3 is 0 Å². The van der Waals surface area contributed by atoms with Gasteiger partial charge in [-0.15, -0.1) is 16.4 Å². The molecule has 1 aliphatic heterocycles. The number of nitrogens with zero attached hydrogens (tertiary/aromatic N) is 8. The zero-order chi connectivity index (χ0) is 30.8. The van der Waals surface area contributed by atoms with E-state index in [-0.39, 0.29) is 11.1 Å². The van der Waals surface area contributed by atoms with Gasteiger partial charge in [0, 0.05) is 48.0 Å². The van der Waals surface area contributed by atoms with Gasteiger partial charge in [0.1, 0.15) is 23.6 Å². The van der Waals surface area contributed by atoms with Gasteiger partial charge in [-0.05, 0) is 56.6 Å². The molecule has 0 spiro atoms. The van der Waals surface area contributed by atoms with Crippen LogP contribution in [-0.4, -0.2) is 56.0 Å². The summed E-state index contributed by atoms with van der Waals surface area (Å²) in [7, 11) is 0. The Kier molecular flexibility index (Phi) is 8.96. The number of thiazole rings is 1. The Labute approximate surface area is 268 Å². The molecule has 6 rings (SSSR count). The Balaban J connectivity index is 1.42. The summed E-state index contributed by atoms with van der Waals surface area (Å²) >= 11 is 14.4. The third-order valence-corrected chi connectivity index (χ3v) is 9.30. The van der Waals surface area contributed by atoms with E-state index in [0.717, 1.165) is 49.6 Å². The number of piperidine rings is 1. The van der Waals surface area contributed by atoms with Crippen molar-refractivity contribution in [2.75, 3.05) is 36.4 Å². The number of hydrogen-bond donors (Lipinski definition) is 1. The largest absolute Gasteiger partial charge is 0.357 e. The number of pyridine rings is 1. The number of halogens is 3. The van der Waals surface area contributed by atoms with Crippen molar-refractivity contribution in [3.63, 3.8) is 0 Å². The van der Waals surface area contributed by atoms with Crippen LogP contribution in [-0.2, 0) is 0 Å². The second-order valence-electron chi connectivity index (χ2n) is 10.6. The first kappa shape index (κ1) is 30.2. The summed E-state index contributed by atoms with van der Waals surface area (Å²) < 4.78 is 15.9. The van der Waals surface area contributed by atoms with Crippen LogP contribution in [0.25, 0.3) is 10.9 Å². The van der Waals surface area contributed by atoms with E-state index in [2.05, 4.69) is 55.3 Å². The van der Waals surface area contributed by atoms with Crippen LogP contribution in [0.5, 0.6) is 0 Å². The van der Waals surface area contributed by atoms with Crippen molar-refractivity contribution < 1.29 is 4.39 Å². The monoisotopic (exact) mass is 649 g/mol. The summed E-state index contributed by atoms with van der Waals surface area (Å²) in [5.41, 5.74) is 6.10. The molecule has 226 valence electrons. The fourth-order valence-corrected chi connectivity index (χ4v) is 6.80. The lowest BCUT2D eigenvalue weighted by atomic mass is 10.0. The molecule has 0 saturated carbocycles. The molecule has 9 nitrogen and oxygen atoms in total. The van der Waals surface area contributed by atoms with Gasteiger partial charge in [-0.2, -0.15) is 5.26 Å². The fraction of sp³-hybridized carbons (Fsp3) is 0.323. The Morgan fingerprint density at radius 1 is 1.14 bits per heavy atom. The molecule has 1 fully saturated rings. The first-order valence-electron chi connectivity index (χ1n) is 14.4. The lowest BCUT2D eigenvalue weighted by molar-refractivity contribution is 0.186. The molecule has 3 aromatic heterocycles. The Bertz CT molecular complexity index is 1810. The molecule has 1 saturated heterocycles. The topological polar surface area (TPSA) is 98.8 Å². The fourth-order valence-electron chi connectivity index (χ4n) is 5.78. The number of aromatic nitrogens is 5. The number of rotatable bonds is 9. The highest BCUT2D eigenvalue weighted by atomic mass is 35.5. The summed E-state index contributed by atoms with van der Waals surface area (Å²) in [4.78, 5) is 13.8. The lowest BCUT2D eigenvalue weighted by Gasteiger charge is -2.32. The zero-order valence-corrected chi connectivity index (χ0v) is 26.5. The van der Waals surface area contributed by atoms with Crippen LogP contribution in [0.15, 0.2) is 53.6 Å². The van der Waals surface area contributed by atoms with E-state index in [4.69, 9.17) is 23.2 Å². The van der Waals surface area contributed by atoms with Crippen LogP contribution < -0.4 is 10.2 Å². The van der Waals surface area contributed by atoms with Crippen LogP contribution in [0.2, 0.25) is 10.0 Å². The van der Waals surface area contributed by atoms with Gasteiger partial charge < -0.3 is 15.1 Å². The molecule has 1 aliphatic rings. The minimum Gasteiger partial charge on any atom is -0.357 e. The van der Waals surface area contributed by atoms with E-state index in [1.807, 2.05) is 33.9 Å². The Morgan fingerprint density at radius 2 is 1.95 bits per heavy atom.